The standard InChI is InChI=1S/C22H37NO4SSi/c1-20(2,3)29(5,6)27-18-22-13-21(14-22,17-26-28(4,24)25)15-23(16-22)12-19-10-8-7-9-11-19/h7-11H,12-18H2,1-6H3. The summed E-state index contributed by atoms with van der Waals surface area (Å²) in [5, 5.41) is 0.183. The van der Waals surface area contributed by atoms with E-state index in [-0.39, 0.29) is 22.5 Å². The fraction of sp³-hybridized carbons (Fsp3) is 0.727. The lowest BCUT2D eigenvalue weighted by Crippen LogP contribution is -2.66. The molecule has 2 heterocycles. The average Bonchev–Trinajstić information content (AvgIpc) is 2.57. The van der Waals surface area contributed by atoms with Crippen LogP contribution in [0.1, 0.15) is 39.2 Å². The fourth-order valence-corrected chi connectivity index (χ4v) is 6.36. The van der Waals surface area contributed by atoms with Gasteiger partial charge in [0.2, 0.25) is 0 Å². The van der Waals surface area contributed by atoms with E-state index in [1.54, 1.807) is 0 Å². The average molecular weight is 440 g/mol. The second kappa shape index (κ2) is 7.75. The summed E-state index contributed by atoms with van der Waals surface area (Å²) < 4.78 is 35.1. The van der Waals surface area contributed by atoms with Gasteiger partial charge in [-0.15, -0.1) is 0 Å². The van der Waals surface area contributed by atoms with Crippen molar-refractivity contribution in [3.63, 3.8) is 0 Å². The molecule has 0 atom stereocenters. The summed E-state index contributed by atoms with van der Waals surface area (Å²) in [5.41, 5.74) is 1.30. The first-order valence-corrected chi connectivity index (χ1v) is 15.2. The van der Waals surface area contributed by atoms with Crippen LogP contribution >= 0.6 is 0 Å². The van der Waals surface area contributed by atoms with E-state index in [9.17, 15) is 8.42 Å². The summed E-state index contributed by atoms with van der Waals surface area (Å²) in [6.45, 7) is 15.2. The molecule has 29 heavy (non-hydrogen) atoms. The first-order chi connectivity index (χ1) is 13.2. The molecule has 7 heteroatoms. The van der Waals surface area contributed by atoms with Crippen molar-refractivity contribution in [2.75, 3.05) is 32.6 Å². The van der Waals surface area contributed by atoms with Crippen molar-refractivity contribution in [2.45, 2.75) is 58.3 Å². The Kier molecular flexibility index (Phi) is 6.13. The predicted octanol–water partition coefficient (Wildman–Crippen LogP) is 4.27. The molecule has 2 saturated heterocycles. The Morgan fingerprint density at radius 2 is 1.59 bits per heavy atom. The van der Waals surface area contributed by atoms with Crippen LogP contribution in [-0.4, -0.2) is 54.2 Å². The number of nitrogens with zero attached hydrogens (tertiary/aromatic N) is 1. The highest BCUT2D eigenvalue weighted by atomic mass is 32.2. The Morgan fingerprint density at radius 1 is 1.03 bits per heavy atom. The highest BCUT2D eigenvalue weighted by molar-refractivity contribution is 7.85. The second-order valence-corrected chi connectivity index (χ2v) is 17.5. The van der Waals surface area contributed by atoms with Gasteiger partial charge in [-0.25, -0.2) is 0 Å². The van der Waals surface area contributed by atoms with Crippen LogP contribution in [0.15, 0.2) is 30.3 Å². The zero-order valence-electron chi connectivity index (χ0n) is 18.8. The van der Waals surface area contributed by atoms with Crippen molar-refractivity contribution in [3.8, 4) is 0 Å². The summed E-state index contributed by atoms with van der Waals surface area (Å²) in [6.07, 6.45) is 3.10. The van der Waals surface area contributed by atoms with Crippen molar-refractivity contribution in [1.29, 1.82) is 0 Å². The molecule has 0 radical (unpaired) electrons. The zero-order chi connectivity index (χ0) is 21.6. The zero-order valence-corrected chi connectivity index (χ0v) is 20.6. The molecule has 0 N–H and O–H groups in total. The molecular formula is C22H37NO4SSi. The summed E-state index contributed by atoms with van der Waals surface area (Å²) in [7, 11) is -5.26. The van der Waals surface area contributed by atoms with E-state index in [2.05, 4.69) is 63.0 Å². The lowest BCUT2D eigenvalue weighted by atomic mass is 9.50. The molecule has 1 aromatic rings. The van der Waals surface area contributed by atoms with Gasteiger partial charge in [0.25, 0.3) is 10.1 Å². The van der Waals surface area contributed by atoms with Gasteiger partial charge in [-0.3, -0.25) is 9.08 Å². The molecule has 0 aromatic heterocycles. The topological polar surface area (TPSA) is 55.8 Å². The van der Waals surface area contributed by atoms with E-state index in [0.717, 1.165) is 45.3 Å². The third kappa shape index (κ3) is 5.50. The summed E-state index contributed by atoms with van der Waals surface area (Å²) in [5.74, 6) is 0. The molecule has 3 fully saturated rings. The molecule has 3 aliphatic rings. The van der Waals surface area contributed by atoms with Crippen LogP contribution < -0.4 is 0 Å². The number of fused-ring (bicyclic) bond motifs is 2. The van der Waals surface area contributed by atoms with E-state index in [4.69, 9.17) is 8.61 Å². The third-order valence-electron chi connectivity index (χ3n) is 6.99. The normalized spacial score (nSPS) is 28.2. The minimum Gasteiger partial charge on any atom is -0.416 e. The van der Waals surface area contributed by atoms with Gasteiger partial charge < -0.3 is 4.43 Å². The van der Waals surface area contributed by atoms with Gasteiger partial charge in [0.05, 0.1) is 12.9 Å². The van der Waals surface area contributed by atoms with Gasteiger partial charge >= 0.3 is 0 Å². The largest absolute Gasteiger partial charge is 0.416 e. The van der Waals surface area contributed by atoms with Gasteiger partial charge in [-0.2, -0.15) is 8.42 Å². The quantitative estimate of drug-likeness (QED) is 0.447. The molecule has 2 aliphatic heterocycles. The lowest BCUT2D eigenvalue weighted by molar-refractivity contribution is -0.168. The van der Waals surface area contributed by atoms with Gasteiger partial charge in [0.15, 0.2) is 8.32 Å². The number of hydrogen-bond acceptors (Lipinski definition) is 5. The first kappa shape index (κ1) is 22.9. The maximum Gasteiger partial charge on any atom is 0.264 e. The molecule has 164 valence electrons. The summed E-state index contributed by atoms with van der Waals surface area (Å²) in [6, 6.07) is 10.5. The van der Waals surface area contributed by atoms with Crippen molar-refractivity contribution in [3.05, 3.63) is 35.9 Å². The maximum atomic E-state index is 11.6. The van der Waals surface area contributed by atoms with Crippen molar-refractivity contribution < 1.29 is 17.0 Å². The highest BCUT2D eigenvalue weighted by Crippen LogP contribution is 2.60. The predicted molar refractivity (Wildman–Crippen MR) is 120 cm³/mol. The minimum absolute atomic E-state index is 0.0904. The molecule has 1 aromatic carbocycles. The molecule has 0 amide bonds. The van der Waals surface area contributed by atoms with Crippen LogP contribution in [0.2, 0.25) is 18.1 Å². The van der Waals surface area contributed by atoms with Crippen LogP contribution in [-0.2, 0) is 25.3 Å². The van der Waals surface area contributed by atoms with Gasteiger partial charge in [0.1, 0.15) is 0 Å². The summed E-state index contributed by atoms with van der Waals surface area (Å²) in [4.78, 5) is 2.46. The number of hydrogen-bond donors (Lipinski definition) is 0. The Bertz CT molecular complexity index is 811. The number of benzene rings is 1. The van der Waals surface area contributed by atoms with Crippen molar-refractivity contribution in [1.82, 2.24) is 4.90 Å². The summed E-state index contributed by atoms with van der Waals surface area (Å²) >= 11 is 0. The molecule has 1 saturated carbocycles. The molecule has 1 aliphatic carbocycles. The van der Waals surface area contributed by atoms with Crippen molar-refractivity contribution >= 4 is 18.4 Å². The van der Waals surface area contributed by atoms with Gasteiger partial charge in [-0.05, 0) is 36.5 Å². The monoisotopic (exact) mass is 439 g/mol. The Morgan fingerprint density at radius 3 is 2.10 bits per heavy atom. The SMILES string of the molecule is CC(C)(C)[Si](C)(C)OCC12CN(Cc3ccccc3)CC(COS(C)(=O)=O)(C1)C2. The molecule has 5 nitrogen and oxygen atoms in total. The Labute approximate surface area is 178 Å². The fourth-order valence-electron chi connectivity index (χ4n) is 4.80. The molecule has 4 rings (SSSR count). The van der Waals surface area contributed by atoms with E-state index in [0.29, 0.717) is 0 Å². The highest BCUT2D eigenvalue weighted by Gasteiger charge is 2.60. The van der Waals surface area contributed by atoms with E-state index >= 15 is 0 Å². The Balaban J connectivity index is 1.73. The van der Waals surface area contributed by atoms with Crippen LogP contribution in [0.25, 0.3) is 0 Å². The van der Waals surface area contributed by atoms with Gasteiger partial charge in [-0.1, -0.05) is 51.1 Å². The van der Waals surface area contributed by atoms with Crippen molar-refractivity contribution in [2.24, 2.45) is 10.8 Å². The van der Waals surface area contributed by atoms with E-state index < -0.39 is 18.4 Å². The second-order valence-electron chi connectivity index (χ2n) is 11.0. The van der Waals surface area contributed by atoms with Crippen LogP contribution in [0.5, 0.6) is 0 Å². The molecule has 2 bridgehead atoms. The Hall–Kier alpha value is -0.733. The molecule has 0 spiro atoms. The van der Waals surface area contributed by atoms with Gasteiger partial charge in [0, 0.05) is 37.1 Å². The van der Waals surface area contributed by atoms with E-state index in [1.165, 1.54) is 5.56 Å². The van der Waals surface area contributed by atoms with E-state index in [1.807, 2.05) is 6.07 Å². The maximum absolute atomic E-state index is 11.6. The van der Waals surface area contributed by atoms with Crippen LogP contribution in [0, 0.1) is 10.8 Å². The third-order valence-corrected chi connectivity index (χ3v) is 12.0. The molecular weight excluding hydrogens is 402 g/mol. The number of rotatable bonds is 8. The molecule has 0 unspecified atom stereocenters. The smallest absolute Gasteiger partial charge is 0.264 e. The number of piperidine rings is 2. The van der Waals surface area contributed by atoms with Crippen LogP contribution in [0.4, 0.5) is 0 Å². The van der Waals surface area contributed by atoms with Crippen LogP contribution in [0.3, 0.4) is 0 Å². The lowest BCUT2D eigenvalue weighted by Gasteiger charge is -2.64. The first-order valence-electron chi connectivity index (χ1n) is 10.5. The minimum atomic E-state index is -3.43.